The highest BCUT2D eigenvalue weighted by Gasteiger charge is 2.27. The van der Waals surface area contributed by atoms with E-state index in [-0.39, 0.29) is 12.2 Å². The van der Waals surface area contributed by atoms with Crippen molar-refractivity contribution in [1.82, 2.24) is 4.90 Å². The van der Waals surface area contributed by atoms with E-state index in [9.17, 15) is 14.3 Å². The minimum Gasteiger partial charge on any atom is -0.480 e. The van der Waals surface area contributed by atoms with E-state index >= 15 is 0 Å². The van der Waals surface area contributed by atoms with Gasteiger partial charge in [0.05, 0.1) is 13.2 Å². The molecule has 1 N–H and O–H groups in total. The molecule has 1 aromatic rings. The van der Waals surface area contributed by atoms with Gasteiger partial charge in [0.2, 0.25) is 0 Å². The largest absolute Gasteiger partial charge is 0.480 e. The summed E-state index contributed by atoms with van der Waals surface area (Å²) in [5, 5.41) is 9.27. The van der Waals surface area contributed by atoms with Crippen molar-refractivity contribution in [3.05, 3.63) is 35.6 Å². The number of nitrogens with zero attached hydrogens (tertiary/aromatic N) is 1. The Morgan fingerprint density at radius 1 is 1.39 bits per heavy atom. The molecule has 0 aromatic heterocycles. The zero-order chi connectivity index (χ0) is 13.0. The van der Waals surface area contributed by atoms with Crippen molar-refractivity contribution in [3.8, 4) is 0 Å². The maximum atomic E-state index is 13.5. The summed E-state index contributed by atoms with van der Waals surface area (Å²) in [6.45, 7) is 2.21. The van der Waals surface area contributed by atoms with Gasteiger partial charge in [-0.15, -0.1) is 0 Å². The predicted molar refractivity (Wildman–Crippen MR) is 63.9 cm³/mol. The Balaban J connectivity index is 2.11. The molecule has 0 radical (unpaired) electrons. The molecular weight excluding hydrogens is 237 g/mol. The third-order valence-electron chi connectivity index (χ3n) is 3.14. The third kappa shape index (κ3) is 3.05. The van der Waals surface area contributed by atoms with E-state index in [1.165, 1.54) is 6.07 Å². The van der Waals surface area contributed by atoms with Crippen LogP contribution in [0.25, 0.3) is 0 Å². The van der Waals surface area contributed by atoms with Gasteiger partial charge >= 0.3 is 5.97 Å². The molecule has 0 spiro atoms. The summed E-state index contributed by atoms with van der Waals surface area (Å²) in [5.41, 5.74) is 0.441. The molecule has 1 atom stereocenters. The van der Waals surface area contributed by atoms with Crippen molar-refractivity contribution in [3.63, 3.8) is 0 Å². The van der Waals surface area contributed by atoms with Gasteiger partial charge in [0.15, 0.2) is 0 Å². The second kappa shape index (κ2) is 5.93. The monoisotopic (exact) mass is 253 g/mol. The van der Waals surface area contributed by atoms with Crippen molar-refractivity contribution in [2.45, 2.75) is 12.5 Å². The van der Waals surface area contributed by atoms with Crippen molar-refractivity contribution in [2.24, 2.45) is 0 Å². The Morgan fingerprint density at radius 2 is 2.06 bits per heavy atom. The molecule has 1 heterocycles. The van der Waals surface area contributed by atoms with E-state index in [2.05, 4.69) is 0 Å². The second-order valence-corrected chi connectivity index (χ2v) is 4.30. The summed E-state index contributed by atoms with van der Waals surface area (Å²) < 4.78 is 18.7. The van der Waals surface area contributed by atoms with Crippen LogP contribution in [0, 0.1) is 5.82 Å². The average Bonchev–Trinajstić information content (AvgIpc) is 2.38. The summed E-state index contributed by atoms with van der Waals surface area (Å²) >= 11 is 0. The van der Waals surface area contributed by atoms with Gasteiger partial charge in [0.1, 0.15) is 11.9 Å². The highest BCUT2D eigenvalue weighted by molar-refractivity contribution is 5.74. The Labute approximate surface area is 105 Å². The van der Waals surface area contributed by atoms with Gasteiger partial charge < -0.3 is 9.84 Å². The summed E-state index contributed by atoms with van der Waals surface area (Å²) in [6.07, 6.45) is 0.183. The molecule has 18 heavy (non-hydrogen) atoms. The third-order valence-corrected chi connectivity index (χ3v) is 3.14. The van der Waals surface area contributed by atoms with Crippen LogP contribution in [0.4, 0.5) is 4.39 Å². The van der Waals surface area contributed by atoms with Crippen LogP contribution in [0.15, 0.2) is 24.3 Å². The minimum atomic E-state index is -0.917. The first-order valence-corrected chi connectivity index (χ1v) is 5.96. The molecule has 4 nitrogen and oxygen atoms in total. The first-order valence-electron chi connectivity index (χ1n) is 5.96. The fraction of sp³-hybridized carbons (Fsp3) is 0.462. The topological polar surface area (TPSA) is 49.8 Å². The summed E-state index contributed by atoms with van der Waals surface area (Å²) in [6, 6.07) is 5.62. The fourth-order valence-corrected chi connectivity index (χ4v) is 2.13. The number of hydrogen-bond acceptors (Lipinski definition) is 3. The van der Waals surface area contributed by atoms with Gasteiger partial charge in [0.25, 0.3) is 0 Å². The zero-order valence-corrected chi connectivity index (χ0v) is 10.0. The second-order valence-electron chi connectivity index (χ2n) is 4.30. The van der Waals surface area contributed by atoms with Crippen LogP contribution < -0.4 is 0 Å². The number of halogens is 1. The van der Waals surface area contributed by atoms with Gasteiger partial charge in [-0.25, -0.2) is 4.39 Å². The molecule has 1 aromatic carbocycles. The molecule has 0 amide bonds. The van der Waals surface area contributed by atoms with E-state index in [1.807, 2.05) is 4.90 Å². The highest BCUT2D eigenvalue weighted by Crippen LogP contribution is 2.14. The van der Waals surface area contributed by atoms with Gasteiger partial charge in [-0.05, 0) is 11.6 Å². The Kier molecular flexibility index (Phi) is 4.28. The number of benzene rings is 1. The predicted octanol–water partition coefficient (Wildman–Crippen LogP) is 1.15. The number of aliphatic carboxylic acids is 1. The molecular formula is C13H16FNO3. The van der Waals surface area contributed by atoms with E-state index in [4.69, 9.17) is 4.74 Å². The number of rotatable bonds is 4. The number of carboxylic acid groups (broad SMARTS) is 1. The smallest absolute Gasteiger partial charge is 0.321 e. The number of carbonyl (C=O) groups is 1. The van der Waals surface area contributed by atoms with Crippen molar-refractivity contribution >= 4 is 5.97 Å². The molecule has 1 saturated heterocycles. The van der Waals surface area contributed by atoms with Gasteiger partial charge in [0, 0.05) is 19.5 Å². The zero-order valence-electron chi connectivity index (χ0n) is 10.0. The summed E-state index contributed by atoms with van der Waals surface area (Å²) in [4.78, 5) is 13.1. The van der Waals surface area contributed by atoms with E-state index in [0.29, 0.717) is 31.9 Å². The maximum Gasteiger partial charge on any atom is 0.321 e. The van der Waals surface area contributed by atoms with Gasteiger partial charge in [-0.1, -0.05) is 18.2 Å². The Morgan fingerprint density at radius 3 is 2.67 bits per heavy atom. The molecule has 1 fully saturated rings. The van der Waals surface area contributed by atoms with Crippen LogP contribution in [-0.2, 0) is 16.0 Å². The average molecular weight is 253 g/mol. The quantitative estimate of drug-likeness (QED) is 0.874. The molecule has 0 saturated carbocycles. The normalized spacial score (nSPS) is 18.5. The van der Waals surface area contributed by atoms with Crippen LogP contribution in [0.3, 0.4) is 0 Å². The summed E-state index contributed by atoms with van der Waals surface area (Å²) in [5.74, 6) is -1.27. The lowest BCUT2D eigenvalue weighted by Crippen LogP contribution is -2.48. The van der Waals surface area contributed by atoms with E-state index < -0.39 is 12.0 Å². The molecule has 0 unspecified atom stereocenters. The van der Waals surface area contributed by atoms with Gasteiger partial charge in [-0.3, -0.25) is 9.69 Å². The van der Waals surface area contributed by atoms with Crippen LogP contribution >= 0.6 is 0 Å². The number of hydrogen-bond donors (Lipinski definition) is 1. The van der Waals surface area contributed by atoms with Crippen molar-refractivity contribution < 1.29 is 19.0 Å². The lowest BCUT2D eigenvalue weighted by atomic mass is 10.0. The molecule has 0 aliphatic carbocycles. The van der Waals surface area contributed by atoms with Gasteiger partial charge in [-0.2, -0.15) is 0 Å². The number of morpholine rings is 1. The Hall–Kier alpha value is -1.46. The summed E-state index contributed by atoms with van der Waals surface area (Å²) in [7, 11) is 0. The first-order chi connectivity index (χ1) is 8.68. The van der Waals surface area contributed by atoms with Crippen molar-refractivity contribution in [2.75, 3.05) is 26.3 Å². The SMILES string of the molecule is O=C(O)[C@H](Cc1ccccc1F)N1CCOCC1. The maximum absolute atomic E-state index is 13.5. The number of ether oxygens (including phenoxy) is 1. The standard InChI is InChI=1S/C13H16FNO3/c14-11-4-2-1-3-10(11)9-12(13(16)17)15-5-7-18-8-6-15/h1-4,12H,5-9H2,(H,16,17)/t12-/m0/s1. The lowest BCUT2D eigenvalue weighted by Gasteiger charge is -2.32. The molecule has 2 rings (SSSR count). The first kappa shape index (κ1) is 13.0. The Bertz CT molecular complexity index is 418. The van der Waals surface area contributed by atoms with Crippen LogP contribution in [0.1, 0.15) is 5.56 Å². The van der Waals surface area contributed by atoms with Crippen LogP contribution in [0.2, 0.25) is 0 Å². The highest BCUT2D eigenvalue weighted by atomic mass is 19.1. The molecule has 98 valence electrons. The fourth-order valence-electron chi connectivity index (χ4n) is 2.13. The molecule has 0 bridgehead atoms. The van der Waals surface area contributed by atoms with Crippen LogP contribution in [0.5, 0.6) is 0 Å². The van der Waals surface area contributed by atoms with E-state index in [1.54, 1.807) is 18.2 Å². The molecule has 1 aliphatic rings. The van der Waals surface area contributed by atoms with Crippen LogP contribution in [-0.4, -0.2) is 48.3 Å². The molecule has 5 heteroatoms. The lowest BCUT2D eigenvalue weighted by molar-refractivity contribution is -0.145. The van der Waals surface area contributed by atoms with Crippen molar-refractivity contribution in [1.29, 1.82) is 0 Å². The minimum absolute atomic E-state index is 0.183. The molecule has 1 aliphatic heterocycles. The number of carboxylic acids is 1. The van der Waals surface area contributed by atoms with E-state index in [0.717, 1.165) is 0 Å².